The number of ketones is 1. The molecule has 0 saturated heterocycles. The minimum absolute atomic E-state index is 0.0341. The van der Waals surface area contributed by atoms with Gasteiger partial charge in [0.15, 0.2) is 5.78 Å². The predicted octanol–water partition coefficient (Wildman–Crippen LogP) is 4.46. The Morgan fingerprint density at radius 2 is 1.58 bits per heavy atom. The fourth-order valence-corrected chi connectivity index (χ4v) is 2.49. The van der Waals surface area contributed by atoms with E-state index in [0.717, 1.165) is 16.9 Å². The van der Waals surface area contributed by atoms with Crippen LogP contribution in [0.25, 0.3) is 11.1 Å². The third-order valence-electron chi connectivity index (χ3n) is 3.82. The maximum Gasteiger partial charge on any atom is 0.193 e. The highest BCUT2D eigenvalue weighted by atomic mass is 16.5. The Balaban J connectivity index is 1.91. The molecule has 0 fully saturated rings. The van der Waals surface area contributed by atoms with Gasteiger partial charge in [-0.2, -0.15) is 5.26 Å². The first kappa shape index (κ1) is 15.5. The third-order valence-corrected chi connectivity index (χ3v) is 3.82. The second kappa shape index (κ2) is 6.80. The highest BCUT2D eigenvalue weighted by Crippen LogP contribution is 2.23. The number of benzene rings is 3. The highest BCUT2D eigenvalue weighted by Gasteiger charge is 2.10. The third kappa shape index (κ3) is 3.18. The summed E-state index contributed by atoms with van der Waals surface area (Å²) in [5, 5.41) is 8.88. The number of nitrogens with zero attached hydrogens (tertiary/aromatic N) is 1. The summed E-state index contributed by atoms with van der Waals surface area (Å²) >= 11 is 0. The summed E-state index contributed by atoms with van der Waals surface area (Å²) < 4.78 is 5.12. The summed E-state index contributed by atoms with van der Waals surface area (Å²) in [6.45, 7) is 0. The van der Waals surface area contributed by atoms with Gasteiger partial charge < -0.3 is 4.74 Å². The van der Waals surface area contributed by atoms with Crippen molar-refractivity contribution < 1.29 is 9.53 Å². The largest absolute Gasteiger partial charge is 0.497 e. The molecule has 0 unspecified atom stereocenters. The Kier molecular flexibility index (Phi) is 4.40. The van der Waals surface area contributed by atoms with Gasteiger partial charge in [-0.1, -0.05) is 30.3 Å². The molecule has 3 rings (SSSR count). The second-order valence-corrected chi connectivity index (χ2v) is 5.33. The van der Waals surface area contributed by atoms with Gasteiger partial charge in [0.2, 0.25) is 0 Å². The Morgan fingerprint density at radius 1 is 0.875 bits per heavy atom. The molecule has 0 N–H and O–H groups in total. The second-order valence-electron chi connectivity index (χ2n) is 5.33. The summed E-state index contributed by atoms with van der Waals surface area (Å²) in [5.41, 5.74) is 3.77. The fraction of sp³-hybridized carbons (Fsp3) is 0.0476. The summed E-state index contributed by atoms with van der Waals surface area (Å²) in [4.78, 5) is 12.6. The van der Waals surface area contributed by atoms with Gasteiger partial charge in [-0.3, -0.25) is 4.79 Å². The van der Waals surface area contributed by atoms with Crippen LogP contribution in [0.2, 0.25) is 0 Å². The Bertz CT molecular complexity index is 904. The molecule has 0 aliphatic rings. The van der Waals surface area contributed by atoms with Crippen LogP contribution in [0.4, 0.5) is 0 Å². The summed E-state index contributed by atoms with van der Waals surface area (Å²) in [6.07, 6.45) is 0. The fourth-order valence-electron chi connectivity index (χ4n) is 2.49. The van der Waals surface area contributed by atoms with Crippen molar-refractivity contribution in [2.45, 2.75) is 0 Å². The molecule has 0 aliphatic heterocycles. The van der Waals surface area contributed by atoms with E-state index in [-0.39, 0.29) is 5.78 Å². The zero-order valence-electron chi connectivity index (χ0n) is 13.2. The summed E-state index contributed by atoms with van der Waals surface area (Å²) in [7, 11) is 1.60. The Labute approximate surface area is 140 Å². The zero-order valence-corrected chi connectivity index (χ0v) is 13.2. The van der Waals surface area contributed by atoms with Crippen molar-refractivity contribution in [1.29, 1.82) is 5.26 Å². The monoisotopic (exact) mass is 313 g/mol. The van der Waals surface area contributed by atoms with E-state index < -0.39 is 0 Å². The Hall–Kier alpha value is -3.38. The smallest absolute Gasteiger partial charge is 0.193 e. The van der Waals surface area contributed by atoms with Crippen molar-refractivity contribution in [3.8, 4) is 22.9 Å². The van der Waals surface area contributed by atoms with Crippen LogP contribution in [0.15, 0.2) is 72.8 Å². The van der Waals surface area contributed by atoms with E-state index in [9.17, 15) is 4.79 Å². The van der Waals surface area contributed by atoms with Crippen LogP contribution in [0.1, 0.15) is 21.5 Å². The highest BCUT2D eigenvalue weighted by molar-refractivity contribution is 6.09. The molecule has 0 heterocycles. The van der Waals surface area contributed by atoms with Crippen LogP contribution >= 0.6 is 0 Å². The zero-order chi connectivity index (χ0) is 16.9. The van der Waals surface area contributed by atoms with Crippen molar-refractivity contribution in [3.05, 3.63) is 89.5 Å². The van der Waals surface area contributed by atoms with Crippen LogP contribution in [0.5, 0.6) is 5.75 Å². The van der Waals surface area contributed by atoms with E-state index in [1.54, 1.807) is 49.6 Å². The number of carbonyl (C=O) groups is 1. The number of rotatable bonds is 4. The average molecular weight is 313 g/mol. The average Bonchev–Trinajstić information content (AvgIpc) is 2.67. The number of methoxy groups -OCH3 is 1. The molecule has 0 radical (unpaired) electrons. The van der Waals surface area contributed by atoms with E-state index in [2.05, 4.69) is 6.07 Å². The number of nitriles is 1. The molecular weight excluding hydrogens is 298 g/mol. The molecule has 116 valence electrons. The van der Waals surface area contributed by atoms with Crippen LogP contribution in [-0.4, -0.2) is 12.9 Å². The molecule has 3 nitrogen and oxygen atoms in total. The quantitative estimate of drug-likeness (QED) is 0.668. The van der Waals surface area contributed by atoms with Crippen molar-refractivity contribution in [2.75, 3.05) is 7.11 Å². The van der Waals surface area contributed by atoms with Gasteiger partial charge in [-0.25, -0.2) is 0 Å². The van der Waals surface area contributed by atoms with E-state index in [4.69, 9.17) is 10.00 Å². The molecular formula is C21H15NO2. The van der Waals surface area contributed by atoms with Gasteiger partial charge in [0.1, 0.15) is 5.75 Å². The van der Waals surface area contributed by atoms with Gasteiger partial charge in [0.25, 0.3) is 0 Å². The molecule has 0 saturated carbocycles. The molecule has 0 spiro atoms. The summed E-state index contributed by atoms with van der Waals surface area (Å²) in [5.74, 6) is 0.686. The number of hydrogen-bond acceptors (Lipinski definition) is 3. The maximum atomic E-state index is 12.6. The van der Waals surface area contributed by atoms with Crippen molar-refractivity contribution in [1.82, 2.24) is 0 Å². The SMILES string of the molecule is COc1ccc(C(=O)c2cccc(-c3ccc(C#N)cc3)c2)cc1. The van der Waals surface area contributed by atoms with E-state index in [1.807, 2.05) is 30.3 Å². The number of ether oxygens (including phenoxy) is 1. The minimum Gasteiger partial charge on any atom is -0.497 e. The Morgan fingerprint density at radius 3 is 2.21 bits per heavy atom. The first-order valence-electron chi connectivity index (χ1n) is 7.50. The molecule has 3 aromatic rings. The lowest BCUT2D eigenvalue weighted by atomic mass is 9.98. The molecule has 24 heavy (non-hydrogen) atoms. The number of carbonyl (C=O) groups excluding carboxylic acids is 1. The minimum atomic E-state index is -0.0341. The van der Waals surface area contributed by atoms with Crippen molar-refractivity contribution >= 4 is 5.78 Å². The standard InChI is InChI=1S/C21H15NO2/c1-24-20-11-9-17(10-12-20)21(23)19-4-2-3-18(13-19)16-7-5-15(14-22)6-8-16/h2-13H,1H3. The normalized spacial score (nSPS) is 10.0. The van der Waals surface area contributed by atoms with Crippen LogP contribution < -0.4 is 4.74 Å². The first-order chi connectivity index (χ1) is 11.7. The van der Waals surface area contributed by atoms with Gasteiger partial charge >= 0.3 is 0 Å². The topological polar surface area (TPSA) is 50.1 Å². The van der Waals surface area contributed by atoms with Gasteiger partial charge in [-0.05, 0) is 53.6 Å². The summed E-state index contributed by atoms with van der Waals surface area (Å²) in [6, 6.07) is 24.0. The van der Waals surface area contributed by atoms with E-state index in [1.165, 1.54) is 0 Å². The van der Waals surface area contributed by atoms with E-state index >= 15 is 0 Å². The lowest BCUT2D eigenvalue weighted by Crippen LogP contribution is -2.01. The molecule has 0 aliphatic carbocycles. The molecule has 3 aromatic carbocycles. The van der Waals surface area contributed by atoms with Crippen molar-refractivity contribution in [3.63, 3.8) is 0 Å². The molecule has 0 atom stereocenters. The van der Waals surface area contributed by atoms with Gasteiger partial charge in [-0.15, -0.1) is 0 Å². The van der Waals surface area contributed by atoms with Crippen LogP contribution in [0, 0.1) is 11.3 Å². The van der Waals surface area contributed by atoms with Crippen molar-refractivity contribution in [2.24, 2.45) is 0 Å². The maximum absolute atomic E-state index is 12.6. The molecule has 0 aromatic heterocycles. The first-order valence-corrected chi connectivity index (χ1v) is 7.50. The predicted molar refractivity (Wildman–Crippen MR) is 93.0 cm³/mol. The number of hydrogen-bond donors (Lipinski definition) is 0. The van der Waals surface area contributed by atoms with Crippen LogP contribution in [0.3, 0.4) is 0 Å². The lowest BCUT2D eigenvalue weighted by molar-refractivity contribution is 0.103. The van der Waals surface area contributed by atoms with E-state index in [0.29, 0.717) is 16.7 Å². The van der Waals surface area contributed by atoms with Gasteiger partial charge in [0, 0.05) is 11.1 Å². The lowest BCUT2D eigenvalue weighted by Gasteiger charge is -2.06. The van der Waals surface area contributed by atoms with Crippen LogP contribution in [-0.2, 0) is 0 Å². The molecule has 3 heteroatoms. The van der Waals surface area contributed by atoms with Gasteiger partial charge in [0.05, 0.1) is 18.7 Å². The molecule has 0 bridgehead atoms. The molecule has 0 amide bonds.